The largest absolute Gasteiger partial charge is 0.493 e. The number of hydrogen-bond donors (Lipinski definition) is 2. The van der Waals surface area contributed by atoms with Gasteiger partial charge in [-0.1, -0.05) is 12.2 Å². The van der Waals surface area contributed by atoms with Crippen molar-refractivity contribution in [2.45, 2.75) is 13.3 Å². The van der Waals surface area contributed by atoms with E-state index in [9.17, 15) is 4.79 Å². The van der Waals surface area contributed by atoms with Crippen LogP contribution in [0.5, 0.6) is 0 Å². The molecule has 0 spiro atoms. The van der Waals surface area contributed by atoms with Gasteiger partial charge in [-0.2, -0.15) is 0 Å². The molecule has 88 valence electrons. The number of ether oxygens (including phenoxy) is 1. The molecule has 1 rings (SSSR count). The quantitative estimate of drug-likeness (QED) is 0.693. The lowest BCUT2D eigenvalue weighted by Crippen LogP contribution is -2.23. The van der Waals surface area contributed by atoms with Crippen LogP contribution in [0.2, 0.25) is 0 Å². The molecule has 0 unspecified atom stereocenters. The van der Waals surface area contributed by atoms with Gasteiger partial charge in [-0.25, -0.2) is 0 Å². The van der Waals surface area contributed by atoms with Crippen molar-refractivity contribution in [1.29, 1.82) is 0 Å². The molecule has 0 heterocycles. The first-order valence-corrected chi connectivity index (χ1v) is 5.30. The van der Waals surface area contributed by atoms with E-state index in [-0.39, 0.29) is 5.78 Å². The van der Waals surface area contributed by atoms with Crippen LogP contribution >= 0.6 is 0 Å². The number of nitrogens with one attached hydrogen (secondary N) is 1. The second kappa shape index (κ2) is 6.12. The normalized spacial score (nSPS) is 18.9. The van der Waals surface area contributed by atoms with Crippen LogP contribution in [-0.2, 0) is 9.53 Å². The van der Waals surface area contributed by atoms with Gasteiger partial charge in [0.25, 0.3) is 0 Å². The fraction of sp³-hybridized carbons (Fsp3) is 0.417. The zero-order chi connectivity index (χ0) is 12.0. The fourth-order valence-electron chi connectivity index (χ4n) is 1.51. The van der Waals surface area contributed by atoms with E-state index in [0.717, 1.165) is 11.3 Å². The van der Waals surface area contributed by atoms with Gasteiger partial charge in [0.2, 0.25) is 5.78 Å². The van der Waals surface area contributed by atoms with Gasteiger partial charge in [0.15, 0.2) is 5.76 Å². The number of hydrogen-bond acceptors (Lipinski definition) is 4. The molecule has 0 saturated heterocycles. The number of carbonyl (C=O) groups is 1. The summed E-state index contributed by atoms with van der Waals surface area (Å²) in [6, 6.07) is 0. The van der Waals surface area contributed by atoms with Gasteiger partial charge in [-0.15, -0.1) is 0 Å². The Balaban J connectivity index is 2.91. The summed E-state index contributed by atoms with van der Waals surface area (Å²) in [5, 5.41) is 3.12. The van der Waals surface area contributed by atoms with E-state index in [2.05, 4.69) is 5.32 Å². The highest BCUT2D eigenvalue weighted by Crippen LogP contribution is 2.18. The topological polar surface area (TPSA) is 64.3 Å². The van der Waals surface area contributed by atoms with Crippen LogP contribution < -0.4 is 11.1 Å². The highest BCUT2D eigenvalue weighted by molar-refractivity contribution is 6.07. The average Bonchev–Trinajstić information content (AvgIpc) is 2.48. The third-order valence-corrected chi connectivity index (χ3v) is 2.41. The van der Waals surface area contributed by atoms with Crippen molar-refractivity contribution in [3.8, 4) is 0 Å². The third kappa shape index (κ3) is 2.97. The first-order chi connectivity index (χ1) is 7.70. The Morgan fingerprint density at radius 1 is 1.62 bits per heavy atom. The zero-order valence-electron chi connectivity index (χ0n) is 9.75. The summed E-state index contributed by atoms with van der Waals surface area (Å²) in [5.41, 5.74) is 7.00. The molecule has 1 aliphatic rings. The second-order valence-corrected chi connectivity index (χ2v) is 3.52. The van der Waals surface area contributed by atoms with E-state index in [1.165, 1.54) is 7.11 Å². The molecule has 0 aromatic heterocycles. The first kappa shape index (κ1) is 12.5. The number of carbonyl (C=O) groups excluding carboxylic acids is 1. The molecule has 0 aliphatic heterocycles. The van der Waals surface area contributed by atoms with Crippen LogP contribution in [0.3, 0.4) is 0 Å². The van der Waals surface area contributed by atoms with Crippen molar-refractivity contribution in [3.63, 3.8) is 0 Å². The molecule has 0 aromatic rings. The summed E-state index contributed by atoms with van der Waals surface area (Å²) < 4.78 is 5.04. The Morgan fingerprint density at radius 3 is 3.00 bits per heavy atom. The highest BCUT2D eigenvalue weighted by atomic mass is 16.5. The monoisotopic (exact) mass is 222 g/mol. The standard InChI is InChI=1S/C12H18N2O2/c1-9(14-8-7-13)10-5-3-4-6-11(16-2)12(10)15/h3-4,6,14H,5,7-8,13H2,1-2H3. The van der Waals surface area contributed by atoms with E-state index in [1.54, 1.807) is 6.08 Å². The maximum atomic E-state index is 12.0. The smallest absolute Gasteiger partial charge is 0.225 e. The molecule has 4 nitrogen and oxygen atoms in total. The Morgan fingerprint density at radius 2 is 2.38 bits per heavy atom. The van der Waals surface area contributed by atoms with Gasteiger partial charge in [-0.3, -0.25) is 4.79 Å². The summed E-state index contributed by atoms with van der Waals surface area (Å²) in [4.78, 5) is 12.0. The number of ketones is 1. The number of rotatable bonds is 4. The van der Waals surface area contributed by atoms with Crippen LogP contribution in [0.1, 0.15) is 13.3 Å². The van der Waals surface area contributed by atoms with Gasteiger partial charge in [0, 0.05) is 24.4 Å². The molecule has 0 bridgehead atoms. The van der Waals surface area contributed by atoms with Gasteiger partial charge < -0.3 is 15.8 Å². The van der Waals surface area contributed by atoms with E-state index in [4.69, 9.17) is 10.5 Å². The van der Waals surface area contributed by atoms with Gasteiger partial charge in [0.05, 0.1) is 7.11 Å². The van der Waals surface area contributed by atoms with Crippen molar-refractivity contribution in [2.24, 2.45) is 5.73 Å². The zero-order valence-corrected chi connectivity index (χ0v) is 9.75. The number of allylic oxidation sites excluding steroid dienone is 5. The van der Waals surface area contributed by atoms with E-state index in [1.807, 2.05) is 19.1 Å². The minimum absolute atomic E-state index is 0.0606. The Bertz CT molecular complexity index is 354. The molecule has 16 heavy (non-hydrogen) atoms. The Labute approximate surface area is 95.8 Å². The van der Waals surface area contributed by atoms with E-state index >= 15 is 0 Å². The molecule has 4 heteroatoms. The molecule has 0 amide bonds. The van der Waals surface area contributed by atoms with Crippen molar-refractivity contribution in [1.82, 2.24) is 5.32 Å². The number of Topliss-reactive ketones (excluding diaryl/α,β-unsaturated/α-hetero) is 1. The Hall–Kier alpha value is -1.55. The van der Waals surface area contributed by atoms with Crippen LogP contribution in [0, 0.1) is 0 Å². The summed E-state index contributed by atoms with van der Waals surface area (Å²) in [6.07, 6.45) is 6.07. The molecule has 0 atom stereocenters. The summed E-state index contributed by atoms with van der Waals surface area (Å²) in [5.74, 6) is 0.312. The summed E-state index contributed by atoms with van der Waals surface area (Å²) in [6.45, 7) is 3.09. The van der Waals surface area contributed by atoms with Gasteiger partial charge >= 0.3 is 0 Å². The van der Waals surface area contributed by atoms with Crippen LogP contribution in [0.15, 0.2) is 35.3 Å². The lowest BCUT2D eigenvalue weighted by molar-refractivity contribution is -0.115. The molecule has 1 aliphatic carbocycles. The lowest BCUT2D eigenvalue weighted by atomic mass is 10.1. The predicted molar refractivity (Wildman–Crippen MR) is 63.6 cm³/mol. The van der Waals surface area contributed by atoms with Crippen LogP contribution in [0.25, 0.3) is 0 Å². The highest BCUT2D eigenvalue weighted by Gasteiger charge is 2.18. The number of nitrogens with two attached hydrogens (primary N) is 1. The summed E-state index contributed by atoms with van der Waals surface area (Å²) in [7, 11) is 1.50. The van der Waals surface area contributed by atoms with Crippen molar-refractivity contribution in [2.75, 3.05) is 20.2 Å². The molecule has 0 saturated carbocycles. The van der Waals surface area contributed by atoms with Crippen molar-refractivity contribution in [3.05, 3.63) is 35.3 Å². The molecule has 0 fully saturated rings. The van der Waals surface area contributed by atoms with Crippen LogP contribution in [-0.4, -0.2) is 26.0 Å². The van der Waals surface area contributed by atoms with Crippen molar-refractivity contribution >= 4 is 5.78 Å². The lowest BCUT2D eigenvalue weighted by Gasteiger charge is -2.11. The van der Waals surface area contributed by atoms with Gasteiger partial charge in [-0.05, 0) is 19.4 Å². The van der Waals surface area contributed by atoms with E-state index in [0.29, 0.717) is 25.3 Å². The first-order valence-electron chi connectivity index (χ1n) is 5.30. The fourth-order valence-corrected chi connectivity index (χ4v) is 1.51. The third-order valence-electron chi connectivity index (χ3n) is 2.41. The maximum absolute atomic E-state index is 12.0. The summed E-state index contributed by atoms with van der Waals surface area (Å²) >= 11 is 0. The van der Waals surface area contributed by atoms with Crippen LogP contribution in [0.4, 0.5) is 0 Å². The maximum Gasteiger partial charge on any atom is 0.225 e. The predicted octanol–water partition coefficient (Wildman–Crippen LogP) is 0.868. The molecular formula is C12H18N2O2. The minimum atomic E-state index is -0.0606. The molecule has 3 N–H and O–H groups in total. The molecule has 0 radical (unpaired) electrons. The second-order valence-electron chi connectivity index (χ2n) is 3.52. The van der Waals surface area contributed by atoms with E-state index < -0.39 is 0 Å². The molecular weight excluding hydrogens is 204 g/mol. The minimum Gasteiger partial charge on any atom is -0.493 e. The Kier molecular flexibility index (Phi) is 4.79. The SMILES string of the molecule is COC1=CC=CCC(=C(C)NCCN)C1=O. The number of methoxy groups -OCH3 is 1. The molecule has 0 aromatic carbocycles. The average molecular weight is 222 g/mol. The van der Waals surface area contributed by atoms with Crippen molar-refractivity contribution < 1.29 is 9.53 Å². The van der Waals surface area contributed by atoms with Gasteiger partial charge in [0.1, 0.15) is 0 Å².